The summed E-state index contributed by atoms with van der Waals surface area (Å²) in [6.45, 7) is 2.83. The van der Waals surface area contributed by atoms with Gasteiger partial charge in [-0.2, -0.15) is 0 Å². The monoisotopic (exact) mass is 254 g/mol. The lowest BCUT2D eigenvalue weighted by Crippen LogP contribution is -2.63. The molecule has 1 atom stereocenters. The number of amides is 2. The van der Waals surface area contributed by atoms with Crippen molar-refractivity contribution >= 4 is 12.0 Å². The lowest BCUT2D eigenvalue weighted by molar-refractivity contribution is -0.148. The molecular formula is C13H22N2O3. The standard InChI is InChI=1S/C13H22N2O3/c1-2-10-6-3-4-9-15(10)12(18)14-13(11(16)17)7-5-8-13/h10H,2-9H2,1H3,(H,14,18)(H,16,17). The topological polar surface area (TPSA) is 69.6 Å². The van der Waals surface area contributed by atoms with Crippen LogP contribution in [0.3, 0.4) is 0 Å². The van der Waals surface area contributed by atoms with Crippen LogP contribution in [0.15, 0.2) is 0 Å². The second kappa shape index (κ2) is 5.16. The first kappa shape index (κ1) is 13.2. The number of hydrogen-bond donors (Lipinski definition) is 2. The third-order valence-electron chi connectivity index (χ3n) is 4.32. The lowest BCUT2D eigenvalue weighted by Gasteiger charge is -2.42. The normalized spacial score (nSPS) is 26.3. The quantitative estimate of drug-likeness (QED) is 0.809. The summed E-state index contributed by atoms with van der Waals surface area (Å²) in [5, 5.41) is 12.0. The van der Waals surface area contributed by atoms with Gasteiger partial charge in [-0.1, -0.05) is 6.92 Å². The van der Waals surface area contributed by atoms with E-state index >= 15 is 0 Å². The lowest BCUT2D eigenvalue weighted by atomic mass is 9.77. The third-order valence-corrected chi connectivity index (χ3v) is 4.32. The van der Waals surface area contributed by atoms with Crippen molar-refractivity contribution in [3.05, 3.63) is 0 Å². The van der Waals surface area contributed by atoms with Crippen LogP contribution >= 0.6 is 0 Å². The summed E-state index contributed by atoms with van der Waals surface area (Å²) in [4.78, 5) is 25.3. The van der Waals surface area contributed by atoms with Crippen LogP contribution in [-0.4, -0.2) is 40.1 Å². The van der Waals surface area contributed by atoms with E-state index < -0.39 is 11.5 Å². The van der Waals surface area contributed by atoms with Crippen molar-refractivity contribution in [3.8, 4) is 0 Å². The summed E-state index contributed by atoms with van der Waals surface area (Å²) < 4.78 is 0. The van der Waals surface area contributed by atoms with E-state index in [0.29, 0.717) is 12.8 Å². The maximum Gasteiger partial charge on any atom is 0.329 e. The molecule has 2 N–H and O–H groups in total. The molecule has 1 saturated heterocycles. The number of carbonyl (C=O) groups is 2. The Balaban J connectivity index is 2.00. The number of carboxylic acid groups (broad SMARTS) is 1. The van der Waals surface area contributed by atoms with Crippen LogP contribution in [0, 0.1) is 0 Å². The fraction of sp³-hybridized carbons (Fsp3) is 0.846. The highest BCUT2D eigenvalue weighted by molar-refractivity contribution is 5.87. The molecule has 102 valence electrons. The Hall–Kier alpha value is -1.26. The number of likely N-dealkylation sites (tertiary alicyclic amines) is 1. The smallest absolute Gasteiger partial charge is 0.329 e. The van der Waals surface area contributed by atoms with Crippen molar-refractivity contribution in [1.29, 1.82) is 0 Å². The fourth-order valence-electron chi connectivity index (χ4n) is 2.89. The molecule has 2 rings (SSSR count). The molecule has 0 bridgehead atoms. The van der Waals surface area contributed by atoms with E-state index in [1.165, 1.54) is 0 Å². The minimum absolute atomic E-state index is 0.191. The molecule has 1 heterocycles. The summed E-state index contributed by atoms with van der Waals surface area (Å²) in [6.07, 6.45) is 6.13. The van der Waals surface area contributed by atoms with Crippen LogP contribution in [0.2, 0.25) is 0 Å². The van der Waals surface area contributed by atoms with E-state index in [9.17, 15) is 14.7 Å². The Bertz CT molecular complexity index is 339. The Morgan fingerprint density at radius 3 is 2.56 bits per heavy atom. The molecule has 1 aliphatic heterocycles. The fourth-order valence-corrected chi connectivity index (χ4v) is 2.89. The maximum absolute atomic E-state index is 12.2. The van der Waals surface area contributed by atoms with Crippen LogP contribution in [0.25, 0.3) is 0 Å². The predicted octanol–water partition coefficient (Wildman–Crippen LogP) is 1.97. The van der Waals surface area contributed by atoms with Gasteiger partial charge in [0.2, 0.25) is 0 Å². The molecule has 2 amide bonds. The minimum atomic E-state index is -0.993. The van der Waals surface area contributed by atoms with Crippen molar-refractivity contribution < 1.29 is 14.7 Å². The van der Waals surface area contributed by atoms with Crippen LogP contribution in [0.4, 0.5) is 4.79 Å². The summed E-state index contributed by atoms with van der Waals surface area (Å²) in [5.41, 5.74) is -0.993. The largest absolute Gasteiger partial charge is 0.480 e. The number of carboxylic acids is 1. The molecule has 1 unspecified atom stereocenters. The number of nitrogens with zero attached hydrogens (tertiary/aromatic N) is 1. The molecule has 0 aromatic heterocycles. The summed E-state index contributed by atoms with van der Waals surface area (Å²) in [7, 11) is 0. The van der Waals surface area contributed by atoms with Gasteiger partial charge in [-0.05, 0) is 44.9 Å². The van der Waals surface area contributed by atoms with Gasteiger partial charge in [-0.25, -0.2) is 9.59 Å². The van der Waals surface area contributed by atoms with Gasteiger partial charge in [0.05, 0.1) is 0 Å². The first-order valence-corrected chi connectivity index (χ1v) is 6.91. The van der Waals surface area contributed by atoms with Crippen molar-refractivity contribution in [1.82, 2.24) is 10.2 Å². The van der Waals surface area contributed by atoms with Crippen molar-refractivity contribution in [3.63, 3.8) is 0 Å². The molecule has 18 heavy (non-hydrogen) atoms. The molecule has 0 spiro atoms. The summed E-state index contributed by atoms with van der Waals surface area (Å²) in [6, 6.07) is 0.0771. The van der Waals surface area contributed by atoms with Gasteiger partial charge in [-0.15, -0.1) is 0 Å². The zero-order valence-electron chi connectivity index (χ0n) is 10.9. The number of piperidine rings is 1. The van der Waals surface area contributed by atoms with Crippen molar-refractivity contribution in [2.45, 2.75) is 63.5 Å². The number of urea groups is 1. The van der Waals surface area contributed by atoms with Gasteiger partial charge in [0.15, 0.2) is 0 Å². The highest BCUT2D eigenvalue weighted by atomic mass is 16.4. The van der Waals surface area contributed by atoms with Crippen molar-refractivity contribution in [2.75, 3.05) is 6.54 Å². The van der Waals surface area contributed by atoms with Crippen molar-refractivity contribution in [2.24, 2.45) is 0 Å². The first-order chi connectivity index (χ1) is 8.59. The van der Waals surface area contributed by atoms with E-state index in [1.54, 1.807) is 0 Å². The molecule has 2 fully saturated rings. The van der Waals surface area contributed by atoms with E-state index in [4.69, 9.17) is 0 Å². The highest BCUT2D eigenvalue weighted by Gasteiger charge is 2.46. The second-order valence-electron chi connectivity index (χ2n) is 5.42. The minimum Gasteiger partial charge on any atom is -0.480 e. The Morgan fingerprint density at radius 1 is 1.33 bits per heavy atom. The van der Waals surface area contributed by atoms with E-state index in [2.05, 4.69) is 12.2 Å². The zero-order valence-corrected chi connectivity index (χ0v) is 10.9. The van der Waals surface area contributed by atoms with Gasteiger partial charge in [0, 0.05) is 12.6 Å². The van der Waals surface area contributed by atoms with Crippen LogP contribution in [0.1, 0.15) is 51.9 Å². The molecule has 1 saturated carbocycles. The first-order valence-electron chi connectivity index (χ1n) is 6.91. The number of nitrogens with one attached hydrogen (secondary N) is 1. The van der Waals surface area contributed by atoms with Crippen LogP contribution in [0.5, 0.6) is 0 Å². The average molecular weight is 254 g/mol. The summed E-state index contributed by atoms with van der Waals surface area (Å²) >= 11 is 0. The Morgan fingerprint density at radius 2 is 2.06 bits per heavy atom. The Labute approximate surface area is 108 Å². The molecule has 2 aliphatic rings. The Kier molecular flexibility index (Phi) is 3.78. The van der Waals surface area contributed by atoms with E-state index in [0.717, 1.165) is 38.6 Å². The predicted molar refractivity (Wildman–Crippen MR) is 67.4 cm³/mol. The zero-order chi connectivity index (χ0) is 13.2. The number of rotatable bonds is 3. The van der Waals surface area contributed by atoms with Crippen LogP contribution in [-0.2, 0) is 4.79 Å². The van der Waals surface area contributed by atoms with E-state index in [1.807, 2.05) is 4.90 Å². The van der Waals surface area contributed by atoms with Gasteiger partial charge < -0.3 is 15.3 Å². The average Bonchev–Trinajstić information content (AvgIpc) is 2.33. The molecule has 1 aliphatic carbocycles. The second-order valence-corrected chi connectivity index (χ2v) is 5.42. The number of aliphatic carboxylic acids is 1. The number of carbonyl (C=O) groups excluding carboxylic acids is 1. The molecule has 5 heteroatoms. The molecule has 0 aromatic rings. The molecular weight excluding hydrogens is 232 g/mol. The van der Waals surface area contributed by atoms with Gasteiger partial charge in [0.1, 0.15) is 5.54 Å². The van der Waals surface area contributed by atoms with Gasteiger partial charge in [-0.3, -0.25) is 0 Å². The summed E-state index contributed by atoms with van der Waals surface area (Å²) in [5.74, 6) is -0.896. The molecule has 5 nitrogen and oxygen atoms in total. The molecule has 0 radical (unpaired) electrons. The highest BCUT2D eigenvalue weighted by Crippen LogP contribution is 2.32. The number of hydrogen-bond acceptors (Lipinski definition) is 2. The third kappa shape index (κ3) is 2.31. The van der Waals surface area contributed by atoms with Crippen LogP contribution < -0.4 is 5.32 Å². The molecule has 0 aromatic carbocycles. The van der Waals surface area contributed by atoms with Gasteiger partial charge in [0.25, 0.3) is 0 Å². The van der Waals surface area contributed by atoms with Gasteiger partial charge >= 0.3 is 12.0 Å². The van der Waals surface area contributed by atoms with E-state index in [-0.39, 0.29) is 12.1 Å². The SMILES string of the molecule is CCC1CCCCN1C(=O)NC1(C(=O)O)CCC1. The maximum atomic E-state index is 12.2.